The molecule has 0 amide bonds. The lowest BCUT2D eigenvalue weighted by Crippen LogP contribution is -2.00. The van der Waals surface area contributed by atoms with Gasteiger partial charge in [-0.05, 0) is 24.6 Å². The number of anilines is 1. The molecule has 0 aliphatic carbocycles. The number of nitrogens with zero attached hydrogens (tertiary/aromatic N) is 2. The Morgan fingerprint density at radius 2 is 2.20 bits per heavy atom. The fourth-order valence-electron chi connectivity index (χ4n) is 1.43. The average Bonchev–Trinajstić information content (AvgIpc) is 2.70. The van der Waals surface area contributed by atoms with Crippen LogP contribution in [-0.2, 0) is 0 Å². The van der Waals surface area contributed by atoms with E-state index in [1.165, 1.54) is 0 Å². The first-order valence-electron chi connectivity index (χ1n) is 4.70. The van der Waals surface area contributed by atoms with Gasteiger partial charge < -0.3 is 5.32 Å². The second kappa shape index (κ2) is 3.95. The summed E-state index contributed by atoms with van der Waals surface area (Å²) in [4.78, 5) is 4.17. The molecular weight excluding hydrogens is 210 g/mol. The Kier molecular flexibility index (Phi) is 2.64. The molecule has 3 nitrogen and oxygen atoms in total. The molecule has 0 atom stereocenters. The number of hydrogen-bond acceptors (Lipinski definition) is 2. The van der Waals surface area contributed by atoms with E-state index in [-0.39, 0.29) is 0 Å². The quantitative estimate of drug-likeness (QED) is 0.845. The number of imidazole rings is 1. The first kappa shape index (κ1) is 10.1. The van der Waals surface area contributed by atoms with Crippen molar-refractivity contribution in [1.82, 2.24) is 9.55 Å². The van der Waals surface area contributed by atoms with Gasteiger partial charge in [0.2, 0.25) is 5.95 Å². The zero-order valence-corrected chi connectivity index (χ0v) is 9.42. The van der Waals surface area contributed by atoms with Crippen molar-refractivity contribution in [2.24, 2.45) is 0 Å². The summed E-state index contributed by atoms with van der Waals surface area (Å²) in [6.07, 6.45) is 3.65. The number of hydrogen-bond donors (Lipinski definition) is 1. The summed E-state index contributed by atoms with van der Waals surface area (Å²) in [7, 11) is 1.84. The lowest BCUT2D eigenvalue weighted by atomic mass is 10.2. The fourth-order valence-corrected chi connectivity index (χ4v) is 1.60. The number of halogens is 1. The van der Waals surface area contributed by atoms with Crippen molar-refractivity contribution in [3.8, 4) is 5.69 Å². The first-order valence-corrected chi connectivity index (χ1v) is 5.08. The van der Waals surface area contributed by atoms with E-state index in [1.807, 2.05) is 42.9 Å². The summed E-state index contributed by atoms with van der Waals surface area (Å²) in [5, 5.41) is 3.78. The zero-order valence-electron chi connectivity index (χ0n) is 8.66. The third kappa shape index (κ3) is 1.83. The maximum atomic E-state index is 6.07. The molecule has 78 valence electrons. The van der Waals surface area contributed by atoms with Crippen molar-refractivity contribution in [2.45, 2.75) is 6.92 Å². The molecule has 0 bridgehead atoms. The van der Waals surface area contributed by atoms with Crippen molar-refractivity contribution < 1.29 is 0 Å². The smallest absolute Gasteiger partial charge is 0.207 e. The molecule has 0 unspecified atom stereocenters. The lowest BCUT2D eigenvalue weighted by Gasteiger charge is -2.08. The van der Waals surface area contributed by atoms with Crippen LogP contribution in [0.15, 0.2) is 30.6 Å². The summed E-state index contributed by atoms with van der Waals surface area (Å²) in [6.45, 7) is 1.99. The molecule has 1 N–H and O–H groups in total. The van der Waals surface area contributed by atoms with E-state index in [2.05, 4.69) is 10.3 Å². The van der Waals surface area contributed by atoms with Crippen LogP contribution in [0.2, 0.25) is 5.02 Å². The van der Waals surface area contributed by atoms with Gasteiger partial charge >= 0.3 is 0 Å². The minimum absolute atomic E-state index is 0.767. The Morgan fingerprint density at radius 3 is 2.87 bits per heavy atom. The third-order valence-electron chi connectivity index (χ3n) is 2.30. The van der Waals surface area contributed by atoms with Crippen LogP contribution in [0, 0.1) is 6.92 Å². The predicted molar refractivity (Wildman–Crippen MR) is 62.9 cm³/mol. The first-order chi connectivity index (χ1) is 7.22. The van der Waals surface area contributed by atoms with Crippen LogP contribution >= 0.6 is 11.6 Å². The van der Waals surface area contributed by atoms with Crippen LogP contribution in [0.5, 0.6) is 0 Å². The van der Waals surface area contributed by atoms with Crippen LogP contribution in [-0.4, -0.2) is 16.6 Å². The molecule has 2 rings (SSSR count). The van der Waals surface area contributed by atoms with E-state index in [1.54, 1.807) is 6.20 Å². The fraction of sp³-hybridized carbons (Fsp3) is 0.182. The van der Waals surface area contributed by atoms with E-state index in [4.69, 9.17) is 11.6 Å². The van der Waals surface area contributed by atoms with E-state index in [9.17, 15) is 0 Å². The summed E-state index contributed by atoms with van der Waals surface area (Å²) >= 11 is 6.07. The number of nitrogens with one attached hydrogen (secondary N) is 1. The Labute approximate surface area is 93.7 Å². The van der Waals surface area contributed by atoms with E-state index >= 15 is 0 Å². The maximum Gasteiger partial charge on any atom is 0.207 e. The molecule has 4 heteroatoms. The number of aromatic nitrogens is 2. The maximum absolute atomic E-state index is 6.07. The molecule has 0 saturated heterocycles. The minimum Gasteiger partial charge on any atom is -0.358 e. The Morgan fingerprint density at radius 1 is 1.40 bits per heavy atom. The summed E-state index contributed by atoms with van der Waals surface area (Å²) in [6, 6.07) is 5.94. The Balaban J connectivity index is 2.50. The van der Waals surface area contributed by atoms with Crippen LogP contribution < -0.4 is 5.32 Å². The molecule has 0 spiro atoms. The summed E-state index contributed by atoms with van der Waals surface area (Å²) in [5.41, 5.74) is 2.08. The van der Waals surface area contributed by atoms with Crippen LogP contribution in [0.4, 0.5) is 5.95 Å². The average molecular weight is 222 g/mol. The Hall–Kier alpha value is -1.48. The van der Waals surface area contributed by atoms with Crippen molar-refractivity contribution >= 4 is 17.5 Å². The van der Waals surface area contributed by atoms with Crippen molar-refractivity contribution in [3.63, 3.8) is 0 Å². The minimum atomic E-state index is 0.767. The zero-order chi connectivity index (χ0) is 10.8. The van der Waals surface area contributed by atoms with Gasteiger partial charge in [0.15, 0.2) is 0 Å². The van der Waals surface area contributed by atoms with E-state index < -0.39 is 0 Å². The number of benzene rings is 1. The molecule has 1 aromatic carbocycles. The van der Waals surface area contributed by atoms with Crippen LogP contribution in [0.3, 0.4) is 0 Å². The van der Waals surface area contributed by atoms with Crippen LogP contribution in [0.25, 0.3) is 5.69 Å². The largest absolute Gasteiger partial charge is 0.358 e. The van der Waals surface area contributed by atoms with Crippen molar-refractivity contribution in [3.05, 3.63) is 41.2 Å². The van der Waals surface area contributed by atoms with Crippen molar-refractivity contribution in [2.75, 3.05) is 12.4 Å². The highest BCUT2D eigenvalue weighted by molar-refractivity contribution is 6.31. The summed E-state index contributed by atoms with van der Waals surface area (Å²) < 4.78 is 1.95. The van der Waals surface area contributed by atoms with Gasteiger partial charge in [0.05, 0.1) is 0 Å². The van der Waals surface area contributed by atoms with Gasteiger partial charge in [-0.3, -0.25) is 4.57 Å². The molecule has 15 heavy (non-hydrogen) atoms. The standard InChI is InChI=1S/C11H12ClN3/c1-8-3-4-9(7-10(8)12)15-6-5-14-11(15)13-2/h3-7H,1-2H3,(H,13,14). The predicted octanol–water partition coefficient (Wildman–Crippen LogP) is 2.88. The van der Waals surface area contributed by atoms with Gasteiger partial charge in [-0.1, -0.05) is 17.7 Å². The van der Waals surface area contributed by atoms with Crippen LogP contribution in [0.1, 0.15) is 5.56 Å². The highest BCUT2D eigenvalue weighted by Gasteiger charge is 2.04. The van der Waals surface area contributed by atoms with E-state index in [0.717, 1.165) is 22.2 Å². The SMILES string of the molecule is CNc1nccn1-c1ccc(C)c(Cl)c1. The highest BCUT2D eigenvalue weighted by atomic mass is 35.5. The van der Waals surface area contributed by atoms with Gasteiger partial charge in [0.1, 0.15) is 0 Å². The van der Waals surface area contributed by atoms with Crippen molar-refractivity contribution in [1.29, 1.82) is 0 Å². The molecular formula is C11H12ClN3. The third-order valence-corrected chi connectivity index (χ3v) is 2.71. The Bertz CT molecular complexity index is 476. The van der Waals surface area contributed by atoms with Gasteiger partial charge in [-0.2, -0.15) is 0 Å². The molecule has 0 fully saturated rings. The molecule has 1 heterocycles. The van der Waals surface area contributed by atoms with Gasteiger partial charge in [0.25, 0.3) is 0 Å². The van der Waals surface area contributed by atoms with Gasteiger partial charge in [-0.15, -0.1) is 0 Å². The normalized spacial score (nSPS) is 10.3. The number of aryl methyl sites for hydroxylation is 1. The van der Waals surface area contributed by atoms with Gasteiger partial charge in [-0.25, -0.2) is 4.98 Å². The monoisotopic (exact) mass is 221 g/mol. The van der Waals surface area contributed by atoms with Gasteiger partial charge in [0, 0.05) is 30.2 Å². The second-order valence-corrected chi connectivity index (χ2v) is 3.71. The molecule has 1 aromatic heterocycles. The second-order valence-electron chi connectivity index (χ2n) is 3.30. The lowest BCUT2D eigenvalue weighted by molar-refractivity contribution is 1.05. The molecule has 0 aliphatic heterocycles. The number of rotatable bonds is 2. The topological polar surface area (TPSA) is 29.9 Å². The molecule has 2 aromatic rings. The van der Waals surface area contributed by atoms with E-state index in [0.29, 0.717) is 0 Å². The highest BCUT2D eigenvalue weighted by Crippen LogP contribution is 2.21. The molecule has 0 aliphatic rings. The summed E-state index contributed by atoms with van der Waals surface area (Å²) in [5.74, 6) is 0.801. The molecule has 0 saturated carbocycles. The molecule has 0 radical (unpaired) electrons.